The molecule has 202 valence electrons. The number of rotatable bonds is 12. The van der Waals surface area contributed by atoms with Gasteiger partial charge in [-0.2, -0.15) is 0 Å². The molecule has 0 aliphatic rings. The number of halogens is 1. The molecule has 0 fully saturated rings. The summed E-state index contributed by atoms with van der Waals surface area (Å²) in [5.74, 6) is -1.20. The van der Waals surface area contributed by atoms with E-state index in [1.165, 1.54) is 22.3 Å². The Labute approximate surface area is 224 Å². The Kier molecular flexibility index (Phi) is 10.0. The second kappa shape index (κ2) is 13.2. The van der Waals surface area contributed by atoms with Crippen molar-refractivity contribution in [1.29, 1.82) is 0 Å². The van der Waals surface area contributed by atoms with Crippen molar-refractivity contribution in [3.63, 3.8) is 0 Å². The number of hydrogen-bond donors (Lipinski definition) is 1. The van der Waals surface area contributed by atoms with E-state index in [1.54, 1.807) is 30.3 Å². The van der Waals surface area contributed by atoms with Crippen molar-refractivity contribution in [2.75, 3.05) is 24.2 Å². The van der Waals surface area contributed by atoms with Crippen LogP contribution >= 0.6 is 0 Å². The smallest absolute Gasteiger partial charge is 0.242 e. The van der Waals surface area contributed by atoms with Crippen molar-refractivity contribution in [3.05, 3.63) is 101 Å². The van der Waals surface area contributed by atoms with Gasteiger partial charge in [-0.25, -0.2) is 12.8 Å². The number of nitrogens with zero attached hydrogens (tertiary/aromatic N) is 2. The highest BCUT2D eigenvalue weighted by atomic mass is 32.2. The van der Waals surface area contributed by atoms with Crippen LogP contribution in [0.2, 0.25) is 0 Å². The molecule has 2 amide bonds. The van der Waals surface area contributed by atoms with E-state index in [9.17, 15) is 22.4 Å². The number of aryl methyl sites for hydroxylation is 1. The van der Waals surface area contributed by atoms with Crippen LogP contribution in [0.5, 0.6) is 0 Å². The van der Waals surface area contributed by atoms with E-state index in [1.807, 2.05) is 49.4 Å². The van der Waals surface area contributed by atoms with E-state index in [0.717, 1.165) is 17.4 Å². The van der Waals surface area contributed by atoms with E-state index in [-0.39, 0.29) is 44.2 Å². The minimum absolute atomic E-state index is 0.0192. The lowest BCUT2D eigenvalue weighted by Crippen LogP contribution is -2.50. The van der Waals surface area contributed by atoms with Crippen LogP contribution in [0.25, 0.3) is 0 Å². The molecule has 1 N–H and O–H groups in total. The van der Waals surface area contributed by atoms with Crippen molar-refractivity contribution in [2.24, 2.45) is 0 Å². The van der Waals surface area contributed by atoms with Crippen LogP contribution in [0.3, 0.4) is 0 Å². The SMILES string of the molecule is CNC(=O)[C@@H](Cc1ccccc1)N(Cc1ccccc1F)C(=O)CCCN(c1ccccc1C)S(C)(=O)=O. The molecule has 0 saturated heterocycles. The van der Waals surface area contributed by atoms with Gasteiger partial charge in [0.05, 0.1) is 11.9 Å². The summed E-state index contributed by atoms with van der Waals surface area (Å²) in [5.41, 5.74) is 2.50. The van der Waals surface area contributed by atoms with Crippen LogP contribution in [0, 0.1) is 12.7 Å². The highest BCUT2D eigenvalue weighted by Gasteiger charge is 2.30. The van der Waals surface area contributed by atoms with E-state index in [0.29, 0.717) is 11.3 Å². The minimum atomic E-state index is -3.59. The van der Waals surface area contributed by atoms with Gasteiger partial charge < -0.3 is 10.2 Å². The summed E-state index contributed by atoms with van der Waals surface area (Å²) in [7, 11) is -2.09. The molecule has 1 atom stereocenters. The normalized spacial score (nSPS) is 12.0. The summed E-state index contributed by atoms with van der Waals surface area (Å²) >= 11 is 0. The molecular formula is C29H34FN3O4S. The predicted octanol–water partition coefficient (Wildman–Crippen LogP) is 4.07. The molecule has 0 aliphatic heterocycles. The number of benzene rings is 3. The lowest BCUT2D eigenvalue weighted by molar-refractivity contribution is -0.141. The van der Waals surface area contributed by atoms with Gasteiger partial charge in [0.1, 0.15) is 11.9 Å². The summed E-state index contributed by atoms with van der Waals surface area (Å²) in [6.45, 7) is 1.82. The largest absolute Gasteiger partial charge is 0.357 e. The third-order valence-corrected chi connectivity index (χ3v) is 7.53. The fraction of sp³-hybridized carbons (Fsp3) is 0.310. The quantitative estimate of drug-likeness (QED) is 0.376. The standard InChI is InChI=1S/C29H34FN3O4S/c1-22-12-7-10-17-26(22)33(38(3,36)37)19-11-18-28(34)32(21-24-15-8-9-16-25(24)30)27(29(35)31-2)20-23-13-5-4-6-14-23/h4-10,12-17,27H,11,18-21H2,1-3H3,(H,31,35)/t27-/m1/s1. The van der Waals surface area contributed by atoms with Crippen molar-refractivity contribution in [3.8, 4) is 0 Å². The first-order valence-electron chi connectivity index (χ1n) is 12.4. The molecule has 0 unspecified atom stereocenters. The number of anilines is 1. The summed E-state index contributed by atoms with van der Waals surface area (Å²) in [4.78, 5) is 28.0. The third-order valence-electron chi connectivity index (χ3n) is 6.35. The molecular weight excluding hydrogens is 505 g/mol. The molecule has 0 aromatic heterocycles. The van der Waals surface area contributed by atoms with Crippen LogP contribution in [0.4, 0.5) is 10.1 Å². The second-order valence-electron chi connectivity index (χ2n) is 9.16. The van der Waals surface area contributed by atoms with Gasteiger partial charge in [-0.05, 0) is 36.6 Å². The van der Waals surface area contributed by atoms with Gasteiger partial charge in [0.15, 0.2) is 0 Å². The zero-order valence-electron chi connectivity index (χ0n) is 21.9. The molecule has 38 heavy (non-hydrogen) atoms. The third kappa shape index (κ3) is 7.64. The number of carbonyl (C=O) groups is 2. The maximum Gasteiger partial charge on any atom is 0.242 e. The van der Waals surface area contributed by atoms with Gasteiger partial charge in [-0.3, -0.25) is 13.9 Å². The number of hydrogen-bond acceptors (Lipinski definition) is 4. The summed E-state index contributed by atoms with van der Waals surface area (Å²) in [6.07, 6.45) is 1.58. The van der Waals surface area contributed by atoms with Gasteiger partial charge in [0.2, 0.25) is 21.8 Å². The summed E-state index contributed by atoms with van der Waals surface area (Å²) in [6, 6.07) is 21.7. The molecule has 0 bridgehead atoms. The Bertz CT molecular complexity index is 1350. The maximum absolute atomic E-state index is 14.6. The first kappa shape index (κ1) is 28.8. The van der Waals surface area contributed by atoms with Crippen LogP contribution in [-0.2, 0) is 32.6 Å². The highest BCUT2D eigenvalue weighted by molar-refractivity contribution is 7.92. The molecule has 9 heteroatoms. The number of amides is 2. The lowest BCUT2D eigenvalue weighted by atomic mass is 10.0. The number of para-hydroxylation sites is 1. The van der Waals surface area contributed by atoms with Gasteiger partial charge in [0.25, 0.3) is 0 Å². The topological polar surface area (TPSA) is 86.8 Å². The average molecular weight is 540 g/mol. The fourth-order valence-corrected chi connectivity index (χ4v) is 5.38. The van der Waals surface area contributed by atoms with Crippen LogP contribution in [0.15, 0.2) is 78.9 Å². The van der Waals surface area contributed by atoms with E-state index in [2.05, 4.69) is 5.32 Å². The predicted molar refractivity (Wildman–Crippen MR) is 148 cm³/mol. The van der Waals surface area contributed by atoms with Crippen LogP contribution in [-0.4, -0.2) is 51.0 Å². The Balaban J connectivity index is 1.86. The van der Waals surface area contributed by atoms with Crippen molar-refractivity contribution in [2.45, 2.75) is 38.8 Å². The molecule has 3 rings (SSSR count). The molecule has 0 spiro atoms. The Hall–Kier alpha value is -3.72. The number of likely N-dealkylation sites (N-methyl/N-ethyl adjacent to an activating group) is 1. The summed E-state index contributed by atoms with van der Waals surface area (Å²) < 4.78 is 41.0. The Morgan fingerprint density at radius 2 is 1.58 bits per heavy atom. The number of sulfonamides is 1. The van der Waals surface area contributed by atoms with Gasteiger partial charge >= 0.3 is 0 Å². The maximum atomic E-state index is 14.6. The monoisotopic (exact) mass is 539 g/mol. The van der Waals surface area contributed by atoms with Crippen LogP contribution in [0.1, 0.15) is 29.5 Å². The molecule has 7 nitrogen and oxygen atoms in total. The van der Waals surface area contributed by atoms with Gasteiger partial charge in [0, 0.05) is 38.5 Å². The Morgan fingerprint density at radius 1 is 0.947 bits per heavy atom. The molecule has 0 aliphatic carbocycles. The zero-order valence-corrected chi connectivity index (χ0v) is 22.7. The molecule has 0 saturated carbocycles. The van der Waals surface area contributed by atoms with E-state index < -0.39 is 21.9 Å². The lowest BCUT2D eigenvalue weighted by Gasteiger charge is -2.31. The molecule has 3 aromatic rings. The second-order valence-corrected chi connectivity index (χ2v) is 11.1. The van der Waals surface area contributed by atoms with Crippen molar-refractivity contribution < 1.29 is 22.4 Å². The first-order chi connectivity index (χ1) is 18.1. The first-order valence-corrected chi connectivity index (χ1v) is 14.3. The highest BCUT2D eigenvalue weighted by Crippen LogP contribution is 2.23. The number of carbonyl (C=O) groups excluding carboxylic acids is 2. The average Bonchev–Trinajstić information content (AvgIpc) is 2.89. The number of nitrogens with one attached hydrogen (secondary N) is 1. The molecule has 3 aromatic carbocycles. The van der Waals surface area contributed by atoms with Crippen molar-refractivity contribution >= 4 is 27.5 Å². The molecule has 0 radical (unpaired) electrons. The van der Waals surface area contributed by atoms with Crippen LogP contribution < -0.4 is 9.62 Å². The van der Waals surface area contributed by atoms with Crippen molar-refractivity contribution in [1.82, 2.24) is 10.2 Å². The Morgan fingerprint density at radius 3 is 2.21 bits per heavy atom. The fourth-order valence-electron chi connectivity index (χ4n) is 4.36. The summed E-state index contributed by atoms with van der Waals surface area (Å²) in [5, 5.41) is 2.63. The minimum Gasteiger partial charge on any atom is -0.357 e. The molecule has 0 heterocycles. The van der Waals surface area contributed by atoms with Gasteiger partial charge in [-0.15, -0.1) is 0 Å². The van der Waals surface area contributed by atoms with E-state index >= 15 is 0 Å². The van der Waals surface area contributed by atoms with Gasteiger partial charge in [-0.1, -0.05) is 66.7 Å². The zero-order chi connectivity index (χ0) is 27.7. The van der Waals surface area contributed by atoms with E-state index in [4.69, 9.17) is 0 Å².